The third-order valence-corrected chi connectivity index (χ3v) is 6.20. The highest BCUT2D eigenvalue weighted by atomic mass is 79.9. The van der Waals surface area contributed by atoms with E-state index in [4.69, 9.17) is 0 Å². The van der Waals surface area contributed by atoms with Crippen LogP contribution in [0.4, 0.5) is 10.5 Å². The number of benzene rings is 3. The molecule has 0 radical (unpaired) electrons. The van der Waals surface area contributed by atoms with Gasteiger partial charge >= 0.3 is 6.03 Å². The van der Waals surface area contributed by atoms with Crippen LogP contribution < -0.4 is 10.2 Å². The number of carbonyl (C=O) groups excluding carboxylic acids is 2. The van der Waals surface area contributed by atoms with E-state index in [0.717, 1.165) is 10.0 Å². The highest BCUT2D eigenvalue weighted by Crippen LogP contribution is 2.39. The summed E-state index contributed by atoms with van der Waals surface area (Å²) < 4.78 is 0.903. The van der Waals surface area contributed by atoms with Gasteiger partial charge in [0.25, 0.3) is 0 Å². The quantitative estimate of drug-likeness (QED) is 0.445. The first-order valence-corrected chi connectivity index (χ1v) is 11.4. The van der Waals surface area contributed by atoms with Crippen molar-refractivity contribution in [2.75, 3.05) is 11.2 Å². The molecule has 0 saturated carbocycles. The van der Waals surface area contributed by atoms with Crippen LogP contribution in [0.1, 0.15) is 22.0 Å². The first kappa shape index (κ1) is 20.4. The summed E-state index contributed by atoms with van der Waals surface area (Å²) in [7, 11) is 0. The normalized spacial score (nSPS) is 16.4. The number of thioether (sulfide) groups is 1. The minimum Gasteiger partial charge on any atom is -0.326 e. The van der Waals surface area contributed by atoms with Crippen LogP contribution in [0.2, 0.25) is 0 Å². The Morgan fingerprint density at radius 3 is 2.13 bits per heavy atom. The Morgan fingerprint density at radius 1 is 0.933 bits per heavy atom. The van der Waals surface area contributed by atoms with E-state index in [2.05, 4.69) is 21.2 Å². The monoisotopic (exact) mass is 478 g/mol. The minimum absolute atomic E-state index is 0.110. The zero-order valence-electron chi connectivity index (χ0n) is 16.2. The van der Waals surface area contributed by atoms with Crippen molar-refractivity contribution >= 4 is 45.2 Å². The van der Waals surface area contributed by atoms with E-state index in [9.17, 15) is 9.59 Å². The van der Waals surface area contributed by atoms with Gasteiger partial charge in [0.05, 0.1) is 22.3 Å². The van der Waals surface area contributed by atoms with Gasteiger partial charge in [-0.15, -0.1) is 11.8 Å². The lowest BCUT2D eigenvalue weighted by atomic mass is 9.91. The molecule has 3 aromatic carbocycles. The van der Waals surface area contributed by atoms with Crippen molar-refractivity contribution in [1.82, 2.24) is 5.32 Å². The second-order valence-electron chi connectivity index (χ2n) is 6.72. The number of Topliss-reactive ketones (excluding diaryl/α,β-unsaturated/α-hetero) is 1. The molecule has 0 fully saturated rings. The molecule has 3 aromatic rings. The first-order valence-electron chi connectivity index (χ1n) is 9.39. The van der Waals surface area contributed by atoms with Crippen molar-refractivity contribution in [3.8, 4) is 0 Å². The molecule has 0 aromatic heterocycles. The molecule has 1 unspecified atom stereocenters. The Kier molecular flexibility index (Phi) is 6.06. The number of hydrogen-bond donors (Lipinski definition) is 1. The van der Waals surface area contributed by atoms with Gasteiger partial charge in [-0.3, -0.25) is 9.69 Å². The predicted molar refractivity (Wildman–Crippen MR) is 126 cm³/mol. The standard InChI is InChI=1S/C24H19BrN2O2S/c1-30-23-20(22(28)17-12-14-18(25)15-13-17)21(16-8-4-2-5-9-16)26-24(29)27(23)19-10-6-3-7-11-19/h2-15,21H,1H3,(H,26,29). The third-order valence-electron chi connectivity index (χ3n) is 4.88. The largest absolute Gasteiger partial charge is 0.327 e. The Labute approximate surface area is 188 Å². The number of rotatable bonds is 5. The van der Waals surface area contributed by atoms with Crippen LogP contribution in [0.3, 0.4) is 0 Å². The fourth-order valence-electron chi connectivity index (χ4n) is 3.49. The Balaban J connectivity index is 1.91. The van der Waals surface area contributed by atoms with E-state index >= 15 is 0 Å². The van der Waals surface area contributed by atoms with Gasteiger partial charge in [-0.05, 0) is 48.2 Å². The summed E-state index contributed by atoms with van der Waals surface area (Å²) in [5, 5.41) is 3.67. The summed E-state index contributed by atoms with van der Waals surface area (Å²) in [5.74, 6) is -0.110. The van der Waals surface area contributed by atoms with Gasteiger partial charge in [0.15, 0.2) is 5.78 Å². The number of nitrogens with zero attached hydrogens (tertiary/aromatic N) is 1. The molecule has 0 aliphatic carbocycles. The van der Waals surface area contributed by atoms with E-state index in [1.54, 1.807) is 17.0 Å². The van der Waals surface area contributed by atoms with Crippen LogP contribution in [0.5, 0.6) is 0 Å². The van der Waals surface area contributed by atoms with Crippen LogP contribution in [-0.2, 0) is 0 Å². The number of carbonyl (C=O) groups is 2. The predicted octanol–water partition coefficient (Wildman–Crippen LogP) is 6.18. The van der Waals surface area contributed by atoms with Gasteiger partial charge in [0, 0.05) is 10.0 Å². The lowest BCUT2D eigenvalue weighted by Crippen LogP contribution is -2.48. The third kappa shape index (κ3) is 3.93. The Hall–Kier alpha value is -2.83. The van der Waals surface area contributed by atoms with Crippen molar-refractivity contribution in [2.45, 2.75) is 6.04 Å². The summed E-state index contributed by atoms with van der Waals surface area (Å²) in [6.07, 6.45) is 1.89. The number of urea groups is 1. The maximum Gasteiger partial charge on any atom is 0.327 e. The van der Waals surface area contributed by atoms with Crippen LogP contribution in [0.25, 0.3) is 0 Å². The molecule has 2 amide bonds. The average Bonchev–Trinajstić information content (AvgIpc) is 2.79. The minimum atomic E-state index is -0.530. The fraction of sp³-hybridized carbons (Fsp3) is 0.0833. The van der Waals surface area contributed by atoms with E-state index in [0.29, 0.717) is 21.9 Å². The molecular formula is C24H19BrN2O2S. The van der Waals surface area contributed by atoms with Crippen molar-refractivity contribution in [2.24, 2.45) is 0 Å². The molecule has 1 aliphatic heterocycles. The molecule has 0 saturated heterocycles. The fourth-order valence-corrected chi connectivity index (χ4v) is 4.56. The smallest absolute Gasteiger partial charge is 0.326 e. The number of halogens is 1. The molecule has 0 spiro atoms. The van der Waals surface area contributed by atoms with Crippen molar-refractivity contribution in [3.63, 3.8) is 0 Å². The number of hydrogen-bond acceptors (Lipinski definition) is 3. The molecule has 1 N–H and O–H groups in total. The van der Waals surface area contributed by atoms with Gasteiger partial charge < -0.3 is 5.32 Å². The molecule has 0 bridgehead atoms. The van der Waals surface area contributed by atoms with Gasteiger partial charge in [-0.1, -0.05) is 64.5 Å². The molecule has 30 heavy (non-hydrogen) atoms. The molecule has 4 nitrogen and oxygen atoms in total. The number of para-hydroxylation sites is 1. The maximum atomic E-state index is 13.7. The molecule has 1 atom stereocenters. The van der Waals surface area contributed by atoms with Crippen molar-refractivity contribution in [1.29, 1.82) is 0 Å². The zero-order valence-corrected chi connectivity index (χ0v) is 18.6. The van der Waals surface area contributed by atoms with Crippen LogP contribution in [0.15, 0.2) is 100 Å². The summed E-state index contributed by atoms with van der Waals surface area (Å²) in [4.78, 5) is 28.4. The van der Waals surface area contributed by atoms with E-state index in [1.165, 1.54) is 11.8 Å². The van der Waals surface area contributed by atoms with Crippen LogP contribution in [0, 0.1) is 0 Å². The van der Waals surface area contributed by atoms with Crippen molar-refractivity contribution in [3.05, 3.63) is 111 Å². The molecular weight excluding hydrogens is 460 g/mol. The first-order chi connectivity index (χ1) is 14.6. The van der Waals surface area contributed by atoms with E-state index in [1.807, 2.05) is 79.1 Å². The van der Waals surface area contributed by atoms with E-state index in [-0.39, 0.29) is 11.8 Å². The zero-order chi connectivity index (χ0) is 21.1. The SMILES string of the molecule is CSC1=C(C(=O)c2ccc(Br)cc2)C(c2ccccc2)NC(=O)N1c1ccccc1. The van der Waals surface area contributed by atoms with Crippen LogP contribution >= 0.6 is 27.7 Å². The topological polar surface area (TPSA) is 49.4 Å². The second kappa shape index (κ2) is 8.90. The second-order valence-corrected chi connectivity index (χ2v) is 8.43. The van der Waals surface area contributed by atoms with Gasteiger partial charge in [0.2, 0.25) is 0 Å². The Morgan fingerprint density at radius 2 is 1.53 bits per heavy atom. The summed E-state index contributed by atoms with van der Waals surface area (Å²) in [6, 6.07) is 25.5. The Bertz CT molecular complexity index is 1100. The summed E-state index contributed by atoms with van der Waals surface area (Å²) in [6.45, 7) is 0. The summed E-state index contributed by atoms with van der Waals surface area (Å²) >= 11 is 4.82. The number of amides is 2. The maximum absolute atomic E-state index is 13.7. The highest BCUT2D eigenvalue weighted by molar-refractivity contribution is 9.10. The van der Waals surface area contributed by atoms with Gasteiger partial charge in [0.1, 0.15) is 0 Å². The lowest BCUT2D eigenvalue weighted by Gasteiger charge is -2.36. The van der Waals surface area contributed by atoms with Gasteiger partial charge in [-0.2, -0.15) is 0 Å². The molecule has 150 valence electrons. The molecule has 4 rings (SSSR count). The molecule has 1 heterocycles. The molecule has 1 aliphatic rings. The number of ketones is 1. The van der Waals surface area contributed by atoms with E-state index < -0.39 is 6.04 Å². The number of anilines is 1. The lowest BCUT2D eigenvalue weighted by molar-refractivity contribution is 0.102. The van der Waals surface area contributed by atoms with Gasteiger partial charge in [-0.25, -0.2) is 4.79 Å². The van der Waals surface area contributed by atoms with Crippen molar-refractivity contribution < 1.29 is 9.59 Å². The molecule has 6 heteroatoms. The number of nitrogens with one attached hydrogen (secondary N) is 1. The summed E-state index contributed by atoms with van der Waals surface area (Å²) in [5.41, 5.74) is 2.71. The highest BCUT2D eigenvalue weighted by Gasteiger charge is 2.38. The van der Waals surface area contributed by atoms with Crippen LogP contribution in [-0.4, -0.2) is 18.1 Å². The average molecular weight is 479 g/mol.